The zero-order chi connectivity index (χ0) is 39.0. The van der Waals surface area contributed by atoms with Gasteiger partial charge in [-0.2, -0.15) is 0 Å². The van der Waals surface area contributed by atoms with Gasteiger partial charge in [-0.1, -0.05) is 41.5 Å². The fourth-order valence-corrected chi connectivity index (χ4v) is 19.3. The molecule has 4 bridgehead atoms. The fourth-order valence-electron chi connectivity index (χ4n) is 11.4. The molecule has 9 aliphatic heterocycles. The maximum atomic E-state index is 16.0. The summed E-state index contributed by atoms with van der Waals surface area (Å²) in [5.41, 5.74) is -2.97. The Labute approximate surface area is 329 Å². The van der Waals surface area contributed by atoms with E-state index in [-0.39, 0.29) is 37.0 Å². The zero-order valence-electron chi connectivity index (χ0n) is 30.1. The molecule has 10 atom stereocenters. The molecule has 0 aromatic heterocycles. The number of ether oxygens (including phenoxy) is 2. The molecule has 2 aromatic rings. The summed E-state index contributed by atoms with van der Waals surface area (Å²) in [5.74, 6) is -3.51. The predicted octanol–water partition coefficient (Wildman–Crippen LogP) is 3.74. The minimum absolute atomic E-state index is 0.0169. The third-order valence-corrected chi connectivity index (χ3v) is 21.2. The van der Waals surface area contributed by atoms with Crippen molar-refractivity contribution in [3.8, 4) is 0 Å². The van der Waals surface area contributed by atoms with E-state index in [0.29, 0.717) is 11.3 Å². The van der Waals surface area contributed by atoms with Crippen molar-refractivity contribution in [1.82, 2.24) is 19.6 Å². The van der Waals surface area contributed by atoms with Gasteiger partial charge >= 0.3 is 6.16 Å². The summed E-state index contributed by atoms with van der Waals surface area (Å²) in [6, 6.07) is 6.80. The number of nitrogens with one attached hydrogen (secondary N) is 1. The summed E-state index contributed by atoms with van der Waals surface area (Å²) in [5, 5.41) is 17.1. The summed E-state index contributed by atoms with van der Waals surface area (Å²) in [4.78, 5) is 73.2. The Kier molecular flexibility index (Phi) is 7.17. The number of carbonyl (C=O) groups is 5. The first-order chi connectivity index (χ1) is 26.2. The van der Waals surface area contributed by atoms with Gasteiger partial charge < -0.3 is 34.6 Å². The first kappa shape index (κ1) is 36.0. The minimum atomic E-state index is -2.08. The number of anilines is 1. The highest BCUT2D eigenvalue weighted by molar-refractivity contribution is 8.78. The van der Waals surface area contributed by atoms with Crippen LogP contribution in [-0.4, -0.2) is 119 Å². The van der Waals surface area contributed by atoms with Crippen LogP contribution in [0.2, 0.25) is 0 Å². The van der Waals surface area contributed by atoms with E-state index in [1.54, 1.807) is 26.8 Å². The quantitative estimate of drug-likeness (QED) is 0.334. The number of halogens is 2. The van der Waals surface area contributed by atoms with Crippen molar-refractivity contribution in [2.75, 3.05) is 26.0 Å². The highest BCUT2D eigenvalue weighted by Gasteiger charge is 2.93. The average Bonchev–Trinajstić information content (AvgIpc) is 3.81. The Morgan fingerprint density at radius 1 is 0.818 bits per heavy atom. The second kappa shape index (κ2) is 11.0. The molecule has 1 aliphatic carbocycles. The standard InChI is InChI=1S/C36H35F2N5O8S4/c1-6-31-26(45)42-22-13-16-9-10-17(37)14-19(16)33(22,23(44)35(42,54-52-31)28(47)40(31)4)34-20-15-18(38)11-12-21(20)39-25(34)43-27(46)32(7-2)41(5)29(48)36(43,55-53-32)24(34)51-30(49)50-8-3/h9-12,14-15,22-25,39,44H,6-8,13H2,1-5H3/t22-,23-,24-,25+,31-,32-,33-,34+,35-,36-/m0/s1. The number of amides is 4. The lowest BCUT2D eigenvalue weighted by molar-refractivity contribution is -0.168. The number of benzene rings is 2. The van der Waals surface area contributed by atoms with Crippen LogP contribution >= 0.6 is 43.2 Å². The van der Waals surface area contributed by atoms with Crippen molar-refractivity contribution in [2.24, 2.45) is 0 Å². The van der Waals surface area contributed by atoms with Crippen LogP contribution in [0.1, 0.15) is 50.3 Å². The SMILES string of the molecule is CCOC(=O)O[C@H]1[C@]2([C@@]34c5cc(F)ccc5C[C@@H]3N3C(=O)[C@]5(CC)SS[C@]3(C(=O)N5C)[C@H]4O)c3cc(F)ccc3N[C@@H]2N2C(=O)[C@]3(CC)SS[C@]12C(=O)N3C. The van der Waals surface area contributed by atoms with Crippen LogP contribution in [0.5, 0.6) is 0 Å². The van der Waals surface area contributed by atoms with Crippen molar-refractivity contribution in [3.63, 3.8) is 0 Å². The lowest BCUT2D eigenvalue weighted by Gasteiger charge is -2.59. The second-order valence-corrected chi connectivity index (χ2v) is 20.4. The van der Waals surface area contributed by atoms with Gasteiger partial charge in [-0.3, -0.25) is 24.1 Å². The van der Waals surface area contributed by atoms with Gasteiger partial charge in [0.25, 0.3) is 23.6 Å². The molecular formula is C36H35F2N5O8S4. The van der Waals surface area contributed by atoms with E-state index in [4.69, 9.17) is 9.47 Å². The van der Waals surface area contributed by atoms with Crippen molar-refractivity contribution < 1.29 is 47.3 Å². The van der Waals surface area contributed by atoms with E-state index < -0.39 is 96.1 Å². The van der Waals surface area contributed by atoms with Gasteiger partial charge in [-0.05, 0) is 94.8 Å². The van der Waals surface area contributed by atoms with Crippen LogP contribution in [0.4, 0.5) is 19.3 Å². The van der Waals surface area contributed by atoms with Gasteiger partial charge in [0.15, 0.2) is 15.8 Å². The Morgan fingerprint density at radius 3 is 2.04 bits per heavy atom. The number of rotatable bonds is 5. The van der Waals surface area contributed by atoms with Crippen LogP contribution in [0, 0.1) is 11.6 Å². The molecule has 19 heteroatoms. The van der Waals surface area contributed by atoms with Crippen molar-refractivity contribution in [1.29, 1.82) is 0 Å². The Balaban J connectivity index is 1.38. The van der Waals surface area contributed by atoms with Gasteiger partial charge in [0.05, 0.1) is 23.5 Å². The smallest absolute Gasteiger partial charge is 0.435 e. The van der Waals surface area contributed by atoms with Crippen LogP contribution in [0.25, 0.3) is 0 Å². The fraction of sp³-hybridized carbons (Fsp3) is 0.528. The predicted molar refractivity (Wildman–Crippen MR) is 200 cm³/mol. The number of hydrogen-bond acceptors (Lipinski definition) is 13. The molecule has 8 saturated heterocycles. The number of hydrogen-bond donors (Lipinski definition) is 2. The molecule has 2 aromatic carbocycles. The Morgan fingerprint density at radius 2 is 1.40 bits per heavy atom. The van der Waals surface area contributed by atoms with E-state index in [9.17, 15) is 14.7 Å². The summed E-state index contributed by atoms with van der Waals surface area (Å²) in [7, 11) is 7.41. The maximum absolute atomic E-state index is 16.0. The summed E-state index contributed by atoms with van der Waals surface area (Å²) in [6.07, 6.45) is -5.79. The second-order valence-electron chi connectivity index (χ2n) is 15.2. The number of aliphatic hydroxyl groups is 1. The average molecular weight is 832 g/mol. The third kappa shape index (κ3) is 3.43. The van der Waals surface area contributed by atoms with Gasteiger partial charge in [0.2, 0.25) is 9.74 Å². The number of carbonyl (C=O) groups excluding carboxylic acids is 5. The van der Waals surface area contributed by atoms with Gasteiger partial charge in [0.1, 0.15) is 23.9 Å². The number of aliphatic hydroxyl groups excluding tert-OH is 1. The van der Waals surface area contributed by atoms with E-state index >= 15 is 23.2 Å². The molecule has 12 rings (SSSR count). The van der Waals surface area contributed by atoms with Crippen molar-refractivity contribution in [2.45, 2.75) is 94.8 Å². The minimum Gasteiger partial charge on any atom is -0.435 e. The molecule has 13 nitrogen and oxygen atoms in total. The molecule has 8 fully saturated rings. The highest BCUT2D eigenvalue weighted by Crippen LogP contribution is 2.79. The third-order valence-electron chi connectivity index (χ3n) is 13.6. The molecule has 55 heavy (non-hydrogen) atoms. The molecule has 0 radical (unpaired) electrons. The van der Waals surface area contributed by atoms with Crippen LogP contribution in [-0.2, 0) is 45.9 Å². The van der Waals surface area contributed by atoms with E-state index in [0.717, 1.165) is 43.2 Å². The van der Waals surface area contributed by atoms with E-state index in [1.807, 2.05) is 0 Å². The van der Waals surface area contributed by atoms with Gasteiger partial charge in [-0.25, -0.2) is 13.6 Å². The number of nitrogens with zero attached hydrogens (tertiary/aromatic N) is 4. The monoisotopic (exact) mass is 831 g/mol. The first-order valence-corrected chi connectivity index (χ1v) is 22.3. The Hall–Kier alpha value is -3.39. The van der Waals surface area contributed by atoms with E-state index in [2.05, 4.69) is 5.32 Å². The summed E-state index contributed by atoms with van der Waals surface area (Å²) >= 11 is 0. The maximum Gasteiger partial charge on any atom is 0.508 e. The Bertz CT molecular complexity index is 2210. The summed E-state index contributed by atoms with van der Waals surface area (Å²) in [6.45, 7) is 5.01. The molecular weight excluding hydrogens is 797 g/mol. The lowest BCUT2D eigenvalue weighted by atomic mass is 9.51. The zero-order valence-corrected chi connectivity index (χ0v) is 33.4. The number of likely N-dealkylation sites (N-methyl/N-ethyl adjacent to an activating group) is 2. The molecule has 4 amide bonds. The van der Waals surface area contributed by atoms with Crippen molar-refractivity contribution >= 4 is 78.6 Å². The lowest BCUT2D eigenvalue weighted by Crippen LogP contribution is -2.78. The van der Waals surface area contributed by atoms with E-state index in [1.165, 1.54) is 64.0 Å². The van der Waals surface area contributed by atoms with Crippen LogP contribution < -0.4 is 5.32 Å². The van der Waals surface area contributed by atoms with Crippen LogP contribution in [0.15, 0.2) is 36.4 Å². The molecule has 2 N–H and O–H groups in total. The van der Waals surface area contributed by atoms with Crippen molar-refractivity contribution in [3.05, 3.63) is 64.7 Å². The molecule has 290 valence electrons. The first-order valence-electron chi connectivity index (χ1n) is 18.0. The van der Waals surface area contributed by atoms with Crippen LogP contribution in [0.3, 0.4) is 0 Å². The molecule has 0 unspecified atom stereocenters. The number of fused-ring (bicyclic) bond motifs is 11. The molecule has 2 spiro atoms. The van der Waals surface area contributed by atoms with Gasteiger partial charge in [-0.15, -0.1) is 0 Å². The van der Waals surface area contributed by atoms with Gasteiger partial charge in [0, 0.05) is 19.8 Å². The molecule has 0 saturated carbocycles. The molecule has 10 aliphatic rings. The highest BCUT2D eigenvalue weighted by atomic mass is 33.1. The number of piperazine rings is 2. The largest absolute Gasteiger partial charge is 0.508 e. The topological polar surface area (TPSA) is 149 Å². The normalized spacial score (nSPS) is 41.2. The molecule has 9 heterocycles. The summed E-state index contributed by atoms with van der Waals surface area (Å²) < 4.78 is 43.8.